The first kappa shape index (κ1) is 16.6. The van der Waals surface area contributed by atoms with Gasteiger partial charge in [-0.25, -0.2) is 4.98 Å². The number of rotatable bonds is 8. The molecule has 1 unspecified atom stereocenters. The molecule has 118 valence electrons. The Hall–Kier alpha value is -1.79. The van der Waals surface area contributed by atoms with Crippen LogP contribution in [0.15, 0.2) is 29.8 Å². The molecular formula is C16H21N3O2S. The second-order valence-electron chi connectivity index (χ2n) is 5.14. The van der Waals surface area contributed by atoms with Gasteiger partial charge >= 0.3 is 0 Å². The number of hydrogen-bond acceptors (Lipinski definition) is 5. The highest BCUT2D eigenvalue weighted by Crippen LogP contribution is 2.10. The predicted molar refractivity (Wildman–Crippen MR) is 86.7 cm³/mol. The lowest BCUT2D eigenvalue weighted by Gasteiger charge is -2.14. The van der Waals surface area contributed by atoms with Crippen LogP contribution in [0.4, 0.5) is 0 Å². The molecule has 0 bridgehead atoms. The molecule has 2 heterocycles. The number of hydrogen-bond donors (Lipinski definition) is 2. The van der Waals surface area contributed by atoms with E-state index in [9.17, 15) is 9.90 Å². The van der Waals surface area contributed by atoms with E-state index in [0.29, 0.717) is 13.0 Å². The highest BCUT2D eigenvalue weighted by atomic mass is 32.1. The van der Waals surface area contributed by atoms with Gasteiger partial charge in [0, 0.05) is 36.3 Å². The molecule has 1 atom stereocenters. The average Bonchev–Trinajstić information content (AvgIpc) is 3.00. The molecule has 0 saturated carbocycles. The van der Waals surface area contributed by atoms with Crippen molar-refractivity contribution in [1.29, 1.82) is 0 Å². The zero-order valence-electron chi connectivity index (χ0n) is 12.7. The minimum Gasteiger partial charge on any atom is -0.396 e. The summed E-state index contributed by atoms with van der Waals surface area (Å²) >= 11 is 1.58. The maximum Gasteiger partial charge on any atom is 0.226 e. The summed E-state index contributed by atoms with van der Waals surface area (Å²) in [7, 11) is 0. The van der Waals surface area contributed by atoms with Crippen LogP contribution in [0.5, 0.6) is 0 Å². The van der Waals surface area contributed by atoms with Gasteiger partial charge in [0.05, 0.1) is 17.1 Å². The number of nitrogens with one attached hydrogen (secondary N) is 1. The number of aliphatic hydroxyl groups excluding tert-OH is 1. The van der Waals surface area contributed by atoms with Crippen LogP contribution >= 0.6 is 11.3 Å². The fraction of sp³-hybridized carbons (Fsp3) is 0.438. The Kier molecular flexibility index (Phi) is 6.48. The third-order valence-corrected chi connectivity index (χ3v) is 4.36. The number of thiazole rings is 1. The summed E-state index contributed by atoms with van der Waals surface area (Å²) in [5, 5.41) is 15.3. The summed E-state index contributed by atoms with van der Waals surface area (Å²) in [4.78, 5) is 20.6. The molecule has 2 N–H and O–H groups in total. The van der Waals surface area contributed by atoms with Gasteiger partial charge in [-0.15, -0.1) is 11.3 Å². The van der Waals surface area contributed by atoms with Gasteiger partial charge in [-0.3, -0.25) is 9.78 Å². The first-order valence-corrected chi connectivity index (χ1v) is 8.30. The first-order chi connectivity index (χ1) is 10.7. The SMILES string of the molecule is CCc1nc(CC(=O)NCC(CO)Cc2ccccn2)cs1. The Labute approximate surface area is 134 Å². The number of amides is 1. The minimum absolute atomic E-state index is 0.0214. The van der Waals surface area contributed by atoms with Crippen molar-refractivity contribution >= 4 is 17.2 Å². The van der Waals surface area contributed by atoms with Crippen LogP contribution in [0.1, 0.15) is 23.3 Å². The van der Waals surface area contributed by atoms with Gasteiger partial charge in [-0.05, 0) is 25.0 Å². The van der Waals surface area contributed by atoms with Gasteiger partial charge < -0.3 is 10.4 Å². The number of carbonyl (C=O) groups is 1. The Balaban J connectivity index is 1.78. The van der Waals surface area contributed by atoms with Gasteiger partial charge in [0.15, 0.2) is 0 Å². The fourth-order valence-corrected chi connectivity index (χ4v) is 2.84. The van der Waals surface area contributed by atoms with E-state index in [1.54, 1.807) is 17.5 Å². The van der Waals surface area contributed by atoms with Crippen molar-refractivity contribution in [2.45, 2.75) is 26.2 Å². The molecule has 22 heavy (non-hydrogen) atoms. The quantitative estimate of drug-likeness (QED) is 0.775. The Morgan fingerprint density at radius 2 is 2.27 bits per heavy atom. The molecule has 1 amide bonds. The number of carbonyl (C=O) groups excluding carboxylic acids is 1. The summed E-state index contributed by atoms with van der Waals surface area (Å²) in [6.07, 6.45) is 3.56. The van der Waals surface area contributed by atoms with E-state index in [4.69, 9.17) is 0 Å². The van der Waals surface area contributed by atoms with Crippen molar-refractivity contribution in [2.24, 2.45) is 5.92 Å². The highest BCUT2D eigenvalue weighted by molar-refractivity contribution is 7.09. The van der Waals surface area contributed by atoms with Crippen LogP contribution in [0.2, 0.25) is 0 Å². The topological polar surface area (TPSA) is 75.1 Å². The molecule has 5 nitrogen and oxygen atoms in total. The molecule has 0 fully saturated rings. The molecule has 0 saturated heterocycles. The van der Waals surface area contributed by atoms with Crippen molar-refractivity contribution in [2.75, 3.05) is 13.2 Å². The molecule has 0 spiro atoms. The molecule has 2 rings (SSSR count). The van der Waals surface area contributed by atoms with E-state index in [1.807, 2.05) is 30.5 Å². The fourth-order valence-electron chi connectivity index (χ4n) is 2.09. The second-order valence-corrected chi connectivity index (χ2v) is 6.08. The molecule has 6 heteroatoms. The van der Waals surface area contributed by atoms with E-state index < -0.39 is 0 Å². The lowest BCUT2D eigenvalue weighted by atomic mass is 10.0. The third-order valence-electron chi connectivity index (χ3n) is 3.31. The number of nitrogens with zero attached hydrogens (tertiary/aromatic N) is 2. The molecule has 0 aliphatic heterocycles. The van der Waals surface area contributed by atoms with Gasteiger partial charge in [-0.1, -0.05) is 13.0 Å². The zero-order valence-corrected chi connectivity index (χ0v) is 13.5. The van der Waals surface area contributed by atoms with Gasteiger partial charge in [0.25, 0.3) is 0 Å². The van der Waals surface area contributed by atoms with Gasteiger partial charge in [0.2, 0.25) is 5.91 Å². The number of aliphatic hydroxyl groups is 1. The summed E-state index contributed by atoms with van der Waals surface area (Å²) < 4.78 is 0. The monoisotopic (exact) mass is 319 g/mol. The van der Waals surface area contributed by atoms with Crippen molar-refractivity contribution in [3.05, 3.63) is 46.2 Å². The first-order valence-electron chi connectivity index (χ1n) is 7.42. The number of aryl methyl sites for hydroxylation is 1. The lowest BCUT2D eigenvalue weighted by molar-refractivity contribution is -0.120. The van der Waals surface area contributed by atoms with Crippen LogP contribution < -0.4 is 5.32 Å². The molecule has 2 aromatic rings. The van der Waals surface area contributed by atoms with Crippen molar-refractivity contribution in [1.82, 2.24) is 15.3 Å². The average molecular weight is 319 g/mol. The maximum absolute atomic E-state index is 11.9. The minimum atomic E-state index is -0.0626. The van der Waals surface area contributed by atoms with Crippen LogP contribution in [0.3, 0.4) is 0 Å². The van der Waals surface area contributed by atoms with E-state index in [-0.39, 0.29) is 24.9 Å². The van der Waals surface area contributed by atoms with E-state index >= 15 is 0 Å². The molecule has 0 radical (unpaired) electrons. The summed E-state index contributed by atoms with van der Waals surface area (Å²) in [6.45, 7) is 2.51. The number of aromatic nitrogens is 2. The predicted octanol–water partition coefficient (Wildman–Crippen LogP) is 1.61. The van der Waals surface area contributed by atoms with E-state index in [0.717, 1.165) is 22.8 Å². The van der Waals surface area contributed by atoms with Crippen molar-refractivity contribution in [3.8, 4) is 0 Å². The third kappa shape index (κ3) is 5.20. The molecular weight excluding hydrogens is 298 g/mol. The zero-order chi connectivity index (χ0) is 15.8. The van der Waals surface area contributed by atoms with Crippen LogP contribution in [-0.2, 0) is 24.1 Å². The molecule has 0 aromatic carbocycles. The largest absolute Gasteiger partial charge is 0.396 e. The Bertz CT molecular complexity index is 586. The molecule has 0 aliphatic carbocycles. The standard InChI is InChI=1S/C16H21N3O2S/c1-2-16-19-14(11-22-16)8-15(21)18-9-12(10-20)7-13-5-3-4-6-17-13/h3-6,11-12,20H,2,7-10H2,1H3,(H,18,21). The van der Waals surface area contributed by atoms with Gasteiger partial charge in [0.1, 0.15) is 0 Å². The van der Waals surface area contributed by atoms with Crippen LogP contribution in [0.25, 0.3) is 0 Å². The summed E-state index contributed by atoms with van der Waals surface area (Å²) in [5.74, 6) is -0.0899. The van der Waals surface area contributed by atoms with Crippen LogP contribution in [-0.4, -0.2) is 34.1 Å². The molecule has 0 aliphatic rings. The highest BCUT2D eigenvalue weighted by Gasteiger charge is 2.12. The summed E-state index contributed by atoms with van der Waals surface area (Å²) in [5.41, 5.74) is 1.73. The summed E-state index contributed by atoms with van der Waals surface area (Å²) in [6, 6.07) is 5.70. The van der Waals surface area contributed by atoms with Crippen LogP contribution in [0, 0.1) is 5.92 Å². The van der Waals surface area contributed by atoms with Crippen molar-refractivity contribution < 1.29 is 9.90 Å². The maximum atomic E-state index is 11.9. The Morgan fingerprint density at radius 1 is 1.41 bits per heavy atom. The van der Waals surface area contributed by atoms with Gasteiger partial charge in [-0.2, -0.15) is 0 Å². The smallest absolute Gasteiger partial charge is 0.226 e. The Morgan fingerprint density at radius 3 is 2.91 bits per heavy atom. The normalized spacial score (nSPS) is 12.1. The van der Waals surface area contributed by atoms with E-state index in [1.165, 1.54) is 0 Å². The lowest BCUT2D eigenvalue weighted by Crippen LogP contribution is -2.33. The van der Waals surface area contributed by atoms with E-state index in [2.05, 4.69) is 15.3 Å². The molecule has 2 aromatic heterocycles. The number of pyridine rings is 1. The van der Waals surface area contributed by atoms with Crippen molar-refractivity contribution in [3.63, 3.8) is 0 Å². The second kappa shape index (κ2) is 8.60.